The molecule has 38 heavy (non-hydrogen) atoms. The van der Waals surface area contributed by atoms with E-state index >= 15 is 0 Å². The van der Waals surface area contributed by atoms with Crippen molar-refractivity contribution >= 4 is 33.0 Å². The number of fused-ring (bicyclic) bond motifs is 2. The van der Waals surface area contributed by atoms with Crippen molar-refractivity contribution in [2.24, 2.45) is 17.8 Å². The maximum atomic E-state index is 13.7. The van der Waals surface area contributed by atoms with Gasteiger partial charge in [-0.25, -0.2) is 21.6 Å². The molecule has 5 atom stereocenters. The summed E-state index contributed by atoms with van der Waals surface area (Å²) in [5.74, 6) is -0.967. The first kappa shape index (κ1) is 28.4. The van der Waals surface area contributed by atoms with Crippen molar-refractivity contribution in [1.29, 1.82) is 0 Å². The molecule has 204 valence electrons. The summed E-state index contributed by atoms with van der Waals surface area (Å²) >= 11 is 6.25. The number of carbonyl (C=O) groups excluding carboxylic acids is 1. The molecular formula is C27H27ClF3NO5S. The van der Waals surface area contributed by atoms with E-state index in [4.69, 9.17) is 11.6 Å². The first-order valence-corrected chi connectivity index (χ1v) is 13.9. The molecule has 6 nitrogen and oxygen atoms in total. The van der Waals surface area contributed by atoms with E-state index in [-0.39, 0.29) is 39.9 Å². The first-order valence-electron chi connectivity index (χ1n) is 12.0. The molecule has 2 saturated carbocycles. The molecule has 2 aromatic carbocycles. The molecule has 1 amide bonds. The second-order valence-corrected chi connectivity index (χ2v) is 13.2. The van der Waals surface area contributed by atoms with Crippen LogP contribution >= 0.6 is 11.6 Å². The van der Waals surface area contributed by atoms with Crippen LogP contribution in [0.1, 0.15) is 50.4 Å². The topological polar surface area (TPSA) is 104 Å². The Morgan fingerprint density at radius 1 is 1.13 bits per heavy atom. The molecule has 11 heteroatoms. The summed E-state index contributed by atoms with van der Waals surface area (Å²) in [6.07, 6.45) is 0.785. The molecule has 2 aliphatic rings. The van der Waals surface area contributed by atoms with Gasteiger partial charge in [0, 0.05) is 35.2 Å². The van der Waals surface area contributed by atoms with Gasteiger partial charge in [0.1, 0.15) is 11.2 Å². The Kier molecular flexibility index (Phi) is 7.38. The minimum absolute atomic E-state index is 0.00890. The quantitative estimate of drug-likeness (QED) is 0.365. The Labute approximate surface area is 224 Å². The van der Waals surface area contributed by atoms with Gasteiger partial charge in [0.05, 0.1) is 15.2 Å². The van der Waals surface area contributed by atoms with Gasteiger partial charge in [-0.1, -0.05) is 30.4 Å². The largest absolute Gasteiger partial charge is 0.378 e. The summed E-state index contributed by atoms with van der Waals surface area (Å²) < 4.78 is 67.7. The summed E-state index contributed by atoms with van der Waals surface area (Å²) in [4.78, 5) is 12.4. The molecule has 2 aromatic rings. The van der Waals surface area contributed by atoms with Crippen molar-refractivity contribution < 1.29 is 36.6 Å². The van der Waals surface area contributed by atoms with E-state index in [0.717, 1.165) is 6.07 Å². The second-order valence-electron chi connectivity index (χ2n) is 10.6. The van der Waals surface area contributed by atoms with Gasteiger partial charge in [-0.3, -0.25) is 4.79 Å². The molecule has 0 aliphatic heterocycles. The molecule has 4 rings (SSSR count). The van der Waals surface area contributed by atoms with Crippen LogP contribution in [0.25, 0.3) is 0 Å². The number of hydrogen-bond acceptors (Lipinski definition) is 5. The zero-order valence-corrected chi connectivity index (χ0v) is 22.4. The number of sulfone groups is 1. The first-order chi connectivity index (χ1) is 17.5. The van der Waals surface area contributed by atoms with Gasteiger partial charge in [0.15, 0.2) is 27.3 Å². The minimum Gasteiger partial charge on any atom is -0.378 e. The highest BCUT2D eigenvalue weighted by atomic mass is 35.5. The lowest BCUT2D eigenvalue weighted by Crippen LogP contribution is -2.48. The van der Waals surface area contributed by atoms with Gasteiger partial charge in [-0.05, 0) is 57.2 Å². The molecule has 0 radical (unpaired) electrons. The van der Waals surface area contributed by atoms with Crippen LogP contribution < -0.4 is 5.32 Å². The van der Waals surface area contributed by atoms with Crippen LogP contribution in [0.15, 0.2) is 35.2 Å². The third-order valence-electron chi connectivity index (χ3n) is 7.34. The van der Waals surface area contributed by atoms with Crippen molar-refractivity contribution in [3.05, 3.63) is 58.4 Å². The fourth-order valence-electron chi connectivity index (χ4n) is 5.49. The smallest absolute Gasteiger partial charge is 0.255 e. The average Bonchev–Trinajstić information content (AvgIpc) is 2.94. The van der Waals surface area contributed by atoms with Crippen LogP contribution in [-0.2, 0) is 9.84 Å². The Morgan fingerprint density at radius 3 is 2.34 bits per heavy atom. The summed E-state index contributed by atoms with van der Waals surface area (Å²) in [6.45, 7) is 4.92. The van der Waals surface area contributed by atoms with E-state index in [1.54, 1.807) is 0 Å². The zero-order valence-electron chi connectivity index (χ0n) is 20.9. The Hall–Kier alpha value is -2.58. The molecule has 0 spiro atoms. The molecule has 0 saturated heterocycles. The number of aliphatic hydroxyl groups is 2. The zero-order chi connectivity index (χ0) is 28.2. The number of halogens is 4. The molecule has 3 unspecified atom stereocenters. The predicted octanol–water partition coefficient (Wildman–Crippen LogP) is 4.72. The highest BCUT2D eigenvalue weighted by molar-refractivity contribution is 7.92. The van der Waals surface area contributed by atoms with E-state index in [0.29, 0.717) is 18.6 Å². The Morgan fingerprint density at radius 2 is 1.76 bits per heavy atom. The number of rotatable bonds is 4. The van der Waals surface area contributed by atoms with Crippen LogP contribution in [0.3, 0.4) is 0 Å². The highest BCUT2D eigenvalue weighted by Crippen LogP contribution is 2.54. The number of hydrogen-bond donors (Lipinski definition) is 3. The minimum atomic E-state index is -4.07. The van der Waals surface area contributed by atoms with Gasteiger partial charge >= 0.3 is 0 Å². The SMILES string of the molecule is C[C@H]1CC2CC(S(=O)(=O)c3cc(C(=O)Nc4cc(F)c(F)c(F)c4)ccc3Cl)CC1[C@@]2(O)C#CC(C)(C)O. The monoisotopic (exact) mass is 569 g/mol. The number of anilines is 1. The lowest BCUT2D eigenvalue weighted by Gasteiger charge is -2.40. The van der Waals surface area contributed by atoms with Gasteiger partial charge < -0.3 is 15.5 Å². The van der Waals surface area contributed by atoms with E-state index in [2.05, 4.69) is 17.2 Å². The van der Waals surface area contributed by atoms with Crippen molar-refractivity contribution in [2.75, 3.05) is 5.32 Å². The fourth-order valence-corrected chi connectivity index (χ4v) is 7.86. The van der Waals surface area contributed by atoms with Crippen LogP contribution in [0.5, 0.6) is 0 Å². The Bertz CT molecular complexity index is 1440. The van der Waals surface area contributed by atoms with Gasteiger partial charge in [-0.15, -0.1) is 0 Å². The summed E-state index contributed by atoms with van der Waals surface area (Å²) in [5, 5.41) is 22.6. The highest BCUT2D eigenvalue weighted by Gasteiger charge is 2.58. The van der Waals surface area contributed by atoms with Crippen molar-refractivity contribution in [3.63, 3.8) is 0 Å². The maximum Gasteiger partial charge on any atom is 0.255 e. The Balaban J connectivity index is 1.61. The van der Waals surface area contributed by atoms with Crippen LogP contribution in [0, 0.1) is 47.0 Å². The number of amides is 1. The van der Waals surface area contributed by atoms with E-state index < -0.39 is 61.5 Å². The van der Waals surface area contributed by atoms with Crippen LogP contribution in [-0.4, -0.2) is 41.0 Å². The predicted molar refractivity (Wildman–Crippen MR) is 136 cm³/mol. The van der Waals surface area contributed by atoms with Gasteiger partial charge in [0.25, 0.3) is 5.91 Å². The van der Waals surface area contributed by atoms with Gasteiger partial charge in [0.2, 0.25) is 0 Å². The van der Waals surface area contributed by atoms with Crippen molar-refractivity contribution in [2.45, 2.75) is 61.4 Å². The summed E-state index contributed by atoms with van der Waals surface area (Å²) in [6, 6.07) is 4.78. The van der Waals surface area contributed by atoms with Crippen LogP contribution in [0.2, 0.25) is 5.02 Å². The van der Waals surface area contributed by atoms with E-state index in [9.17, 15) is 36.6 Å². The number of nitrogens with one attached hydrogen (secondary N) is 1. The lowest BCUT2D eigenvalue weighted by molar-refractivity contribution is -0.0115. The molecule has 0 heterocycles. The maximum absolute atomic E-state index is 13.7. The molecular weight excluding hydrogens is 543 g/mol. The molecule has 0 aromatic heterocycles. The number of benzene rings is 2. The molecule has 2 bridgehead atoms. The molecule has 2 aliphatic carbocycles. The lowest BCUT2D eigenvalue weighted by atomic mass is 9.73. The molecule has 3 N–H and O–H groups in total. The fraction of sp³-hybridized carbons (Fsp3) is 0.444. The second kappa shape index (κ2) is 9.87. The summed E-state index contributed by atoms with van der Waals surface area (Å²) in [7, 11) is -4.07. The summed E-state index contributed by atoms with van der Waals surface area (Å²) in [5.41, 5.74) is -3.24. The third kappa shape index (κ3) is 5.30. The van der Waals surface area contributed by atoms with Gasteiger partial charge in [-0.2, -0.15) is 0 Å². The number of carbonyl (C=O) groups is 1. The van der Waals surface area contributed by atoms with Crippen molar-refractivity contribution in [1.82, 2.24) is 0 Å². The van der Waals surface area contributed by atoms with Crippen LogP contribution in [0.4, 0.5) is 18.9 Å². The normalized spacial score (nSPS) is 27.0. The van der Waals surface area contributed by atoms with E-state index in [1.807, 2.05) is 6.92 Å². The van der Waals surface area contributed by atoms with Crippen molar-refractivity contribution in [3.8, 4) is 11.8 Å². The van der Waals surface area contributed by atoms with E-state index in [1.165, 1.54) is 26.0 Å². The third-order valence-corrected chi connectivity index (χ3v) is 10.00. The average molecular weight is 570 g/mol. The standard InChI is InChI=1S/C27H27ClF3NO5S/c1-14-8-16-10-18(13-19(14)27(16,35)7-6-26(2,3)34)38(36,37)23-9-15(4-5-20(23)28)25(33)32-17-11-21(29)24(31)22(30)12-17/h4-5,9,11-12,14,16,18-19,34-35H,8,10,13H2,1-3H3,(H,32,33)/t14-,16?,18?,19?,27+/m0/s1. The molecule has 2 fully saturated rings.